The first-order chi connectivity index (χ1) is 9.48. The predicted molar refractivity (Wildman–Crippen MR) is 84.0 cm³/mol. The van der Waals surface area contributed by atoms with Crippen molar-refractivity contribution in [3.63, 3.8) is 0 Å². The summed E-state index contributed by atoms with van der Waals surface area (Å²) in [5.74, 6) is -0.196. The molecule has 7 heteroatoms. The van der Waals surface area contributed by atoms with Crippen LogP contribution in [0.3, 0.4) is 0 Å². The maximum Gasteiger partial charge on any atom is 0.249 e. The monoisotopic (exact) mass is 357 g/mol. The number of thiocarbonyl (C=S) groups is 1. The molecule has 0 bridgehead atoms. The van der Waals surface area contributed by atoms with Gasteiger partial charge in [-0.25, -0.2) is 0 Å². The summed E-state index contributed by atoms with van der Waals surface area (Å²) in [6, 6.07) is 7.58. The number of carbonyl (C=O) groups excluding carboxylic acids is 1. The highest BCUT2D eigenvalue weighted by atomic mass is 79.9. The lowest BCUT2D eigenvalue weighted by molar-refractivity contribution is -0.135. The zero-order valence-electron chi connectivity index (χ0n) is 10.9. The third-order valence-corrected chi connectivity index (χ3v) is 4.30. The number of aliphatic hydroxyl groups is 1. The van der Waals surface area contributed by atoms with Gasteiger partial charge in [0.1, 0.15) is 0 Å². The molecule has 20 heavy (non-hydrogen) atoms. The van der Waals surface area contributed by atoms with E-state index in [2.05, 4.69) is 32.1 Å². The van der Waals surface area contributed by atoms with Gasteiger partial charge < -0.3 is 10.4 Å². The lowest BCUT2D eigenvalue weighted by Gasteiger charge is -2.44. The molecule has 108 valence electrons. The smallest absolute Gasteiger partial charge is 0.249 e. The first-order valence-corrected chi connectivity index (χ1v) is 7.40. The van der Waals surface area contributed by atoms with Gasteiger partial charge in [-0.05, 0) is 42.8 Å². The first-order valence-electron chi connectivity index (χ1n) is 6.20. The summed E-state index contributed by atoms with van der Waals surface area (Å²) in [6.45, 7) is 0. The fraction of sp³-hybridized carbons (Fsp3) is 0.385. The van der Waals surface area contributed by atoms with Crippen LogP contribution in [0.15, 0.2) is 28.7 Å². The Morgan fingerprint density at radius 3 is 2.70 bits per heavy atom. The number of halogens is 1. The van der Waals surface area contributed by atoms with Gasteiger partial charge in [0.2, 0.25) is 5.91 Å². The van der Waals surface area contributed by atoms with E-state index in [0.29, 0.717) is 18.0 Å². The number of hydrogen-bond acceptors (Lipinski definition) is 3. The molecule has 0 unspecified atom stereocenters. The minimum absolute atomic E-state index is 0.196. The molecule has 0 atom stereocenters. The summed E-state index contributed by atoms with van der Waals surface area (Å²) in [6.07, 6.45) is 0.364. The van der Waals surface area contributed by atoms with E-state index in [1.165, 1.54) is 0 Å². The minimum Gasteiger partial charge on any atom is -0.393 e. The molecular formula is C13H16BrN3O2S. The number of carbonyl (C=O) groups is 1. The highest BCUT2D eigenvalue weighted by molar-refractivity contribution is 9.10. The Labute approximate surface area is 131 Å². The van der Waals surface area contributed by atoms with Crippen LogP contribution in [-0.2, 0) is 10.2 Å². The SMILES string of the molecule is CNC(=S)NNC(=O)[C@]1(c2cccc(Br)c2)C[C@H](O)C1. The molecule has 0 saturated heterocycles. The van der Waals surface area contributed by atoms with Crippen molar-refractivity contribution >= 4 is 39.2 Å². The lowest BCUT2D eigenvalue weighted by Crippen LogP contribution is -2.59. The Morgan fingerprint density at radius 2 is 2.15 bits per heavy atom. The van der Waals surface area contributed by atoms with E-state index in [0.717, 1.165) is 10.0 Å². The van der Waals surface area contributed by atoms with Crippen molar-refractivity contribution in [3.8, 4) is 0 Å². The third kappa shape index (κ3) is 2.94. The summed E-state index contributed by atoms with van der Waals surface area (Å²) in [5.41, 5.74) is 5.40. The molecule has 1 aliphatic carbocycles. The summed E-state index contributed by atoms with van der Waals surface area (Å²) in [7, 11) is 1.67. The van der Waals surface area contributed by atoms with Crippen LogP contribution in [0, 0.1) is 0 Å². The Bertz CT molecular complexity index is 532. The quantitative estimate of drug-likeness (QED) is 0.468. The van der Waals surface area contributed by atoms with Gasteiger partial charge >= 0.3 is 0 Å². The van der Waals surface area contributed by atoms with Crippen LogP contribution in [0.2, 0.25) is 0 Å². The Hall–Kier alpha value is -1.18. The highest BCUT2D eigenvalue weighted by Crippen LogP contribution is 2.44. The average Bonchev–Trinajstić information content (AvgIpc) is 2.40. The maximum atomic E-state index is 12.4. The van der Waals surface area contributed by atoms with Crippen LogP contribution >= 0.6 is 28.1 Å². The topological polar surface area (TPSA) is 73.4 Å². The number of aliphatic hydroxyl groups excluding tert-OH is 1. The minimum atomic E-state index is -0.709. The molecule has 1 aromatic rings. The predicted octanol–water partition coefficient (Wildman–Crippen LogP) is 0.967. The van der Waals surface area contributed by atoms with Gasteiger partial charge in [-0.1, -0.05) is 28.1 Å². The van der Waals surface area contributed by atoms with Crippen molar-refractivity contribution in [1.29, 1.82) is 0 Å². The molecule has 0 heterocycles. The highest BCUT2D eigenvalue weighted by Gasteiger charge is 2.51. The Morgan fingerprint density at radius 1 is 1.45 bits per heavy atom. The van der Waals surface area contributed by atoms with Crippen LogP contribution in [0.1, 0.15) is 18.4 Å². The number of amides is 1. The van der Waals surface area contributed by atoms with E-state index in [-0.39, 0.29) is 5.91 Å². The van der Waals surface area contributed by atoms with Crippen LogP contribution in [0.25, 0.3) is 0 Å². The maximum absolute atomic E-state index is 12.4. The van der Waals surface area contributed by atoms with Gasteiger partial charge in [-0.15, -0.1) is 0 Å². The van der Waals surface area contributed by atoms with Crippen molar-refractivity contribution in [2.75, 3.05) is 7.05 Å². The summed E-state index contributed by atoms with van der Waals surface area (Å²) >= 11 is 8.32. The summed E-state index contributed by atoms with van der Waals surface area (Å²) < 4.78 is 0.905. The molecule has 0 aliphatic heterocycles. The van der Waals surface area contributed by atoms with Gasteiger partial charge in [0.05, 0.1) is 11.5 Å². The standard InChI is InChI=1S/C13H16BrN3O2S/c1-15-12(20)17-16-11(19)13(6-10(18)7-13)8-3-2-4-9(14)5-8/h2-5,10,18H,6-7H2,1H3,(H,16,19)(H2,15,17,20)/t10-,13+. The second-order valence-electron chi connectivity index (χ2n) is 4.81. The van der Waals surface area contributed by atoms with Crippen molar-refractivity contribution in [2.24, 2.45) is 0 Å². The molecule has 5 nitrogen and oxygen atoms in total. The zero-order chi connectivity index (χ0) is 14.8. The van der Waals surface area contributed by atoms with E-state index < -0.39 is 11.5 Å². The third-order valence-electron chi connectivity index (χ3n) is 3.50. The van der Waals surface area contributed by atoms with Gasteiger partial charge in [0.25, 0.3) is 0 Å². The van der Waals surface area contributed by atoms with Crippen LogP contribution < -0.4 is 16.2 Å². The molecular weight excluding hydrogens is 342 g/mol. The van der Waals surface area contributed by atoms with Gasteiger partial charge in [-0.2, -0.15) is 0 Å². The second-order valence-corrected chi connectivity index (χ2v) is 6.14. The summed E-state index contributed by atoms with van der Waals surface area (Å²) in [4.78, 5) is 12.4. The van der Waals surface area contributed by atoms with E-state index >= 15 is 0 Å². The van der Waals surface area contributed by atoms with Gasteiger partial charge in [0.15, 0.2) is 5.11 Å². The molecule has 1 aliphatic rings. The average molecular weight is 358 g/mol. The fourth-order valence-electron chi connectivity index (χ4n) is 2.38. The van der Waals surface area contributed by atoms with E-state index in [9.17, 15) is 9.90 Å². The van der Waals surface area contributed by atoms with E-state index in [4.69, 9.17) is 12.2 Å². The zero-order valence-corrected chi connectivity index (χ0v) is 13.3. The number of hydrogen-bond donors (Lipinski definition) is 4. The van der Waals surface area contributed by atoms with Gasteiger partial charge in [-0.3, -0.25) is 15.6 Å². The molecule has 4 N–H and O–H groups in total. The number of rotatable bonds is 2. The van der Waals surface area contributed by atoms with Crippen LogP contribution in [0.5, 0.6) is 0 Å². The Kier molecular flexibility index (Phi) is 4.62. The fourth-order valence-corrected chi connectivity index (χ4v) is 2.83. The summed E-state index contributed by atoms with van der Waals surface area (Å²) in [5, 5.41) is 12.7. The molecule has 1 saturated carbocycles. The van der Waals surface area contributed by atoms with E-state index in [1.54, 1.807) is 7.05 Å². The number of benzene rings is 1. The molecule has 1 aromatic carbocycles. The molecule has 2 rings (SSSR count). The molecule has 0 aromatic heterocycles. The first kappa shape index (κ1) is 15.2. The molecule has 0 spiro atoms. The van der Waals surface area contributed by atoms with Gasteiger partial charge in [0, 0.05) is 11.5 Å². The Balaban J connectivity index is 2.18. The largest absolute Gasteiger partial charge is 0.393 e. The van der Waals surface area contributed by atoms with Crippen LogP contribution in [-0.4, -0.2) is 29.3 Å². The van der Waals surface area contributed by atoms with Crippen molar-refractivity contribution < 1.29 is 9.90 Å². The van der Waals surface area contributed by atoms with Crippen molar-refractivity contribution in [1.82, 2.24) is 16.2 Å². The lowest BCUT2D eigenvalue weighted by atomic mass is 9.62. The molecule has 1 amide bonds. The molecule has 0 radical (unpaired) electrons. The van der Waals surface area contributed by atoms with Crippen LogP contribution in [0.4, 0.5) is 0 Å². The van der Waals surface area contributed by atoms with Crippen molar-refractivity contribution in [2.45, 2.75) is 24.4 Å². The number of nitrogens with one attached hydrogen (secondary N) is 3. The molecule has 1 fully saturated rings. The number of hydrazine groups is 1. The second kappa shape index (κ2) is 6.07. The normalized spacial score (nSPS) is 24.4. The van der Waals surface area contributed by atoms with Crippen molar-refractivity contribution in [3.05, 3.63) is 34.3 Å². The van der Waals surface area contributed by atoms with E-state index in [1.807, 2.05) is 24.3 Å².